The van der Waals surface area contributed by atoms with Gasteiger partial charge in [-0.2, -0.15) is 0 Å². The lowest BCUT2D eigenvalue weighted by molar-refractivity contribution is -0.142. The van der Waals surface area contributed by atoms with Gasteiger partial charge >= 0.3 is 5.97 Å². The summed E-state index contributed by atoms with van der Waals surface area (Å²) in [6, 6.07) is 7.73. The van der Waals surface area contributed by atoms with Crippen molar-refractivity contribution < 1.29 is 14.3 Å². The molecule has 0 bridgehead atoms. The number of benzene rings is 1. The van der Waals surface area contributed by atoms with Gasteiger partial charge in [-0.1, -0.05) is 12.1 Å². The highest BCUT2D eigenvalue weighted by atomic mass is 79.9. The van der Waals surface area contributed by atoms with Crippen LogP contribution in [0.2, 0.25) is 0 Å². The number of esters is 1. The van der Waals surface area contributed by atoms with Crippen LogP contribution in [0.25, 0.3) is 0 Å². The second-order valence-corrected chi connectivity index (χ2v) is 7.12. The molecule has 1 amide bonds. The number of ether oxygens (including phenoxy) is 1. The Hall–Kier alpha value is -1.38. The number of carbonyl (C=O) groups excluding carboxylic acids is 2. The number of amides is 1. The van der Waals surface area contributed by atoms with Gasteiger partial charge in [0.25, 0.3) is 0 Å². The van der Waals surface area contributed by atoms with E-state index in [1.54, 1.807) is 12.3 Å². The van der Waals surface area contributed by atoms with E-state index < -0.39 is 0 Å². The summed E-state index contributed by atoms with van der Waals surface area (Å²) in [4.78, 5) is 28.6. The molecule has 0 atom stereocenters. The van der Waals surface area contributed by atoms with Crippen LogP contribution in [-0.2, 0) is 20.7 Å². The molecular formula is C15H15BrN2O3S2. The van der Waals surface area contributed by atoms with E-state index >= 15 is 0 Å². The molecule has 23 heavy (non-hydrogen) atoms. The minimum Gasteiger partial charge on any atom is -0.466 e. The van der Waals surface area contributed by atoms with Gasteiger partial charge in [0, 0.05) is 14.7 Å². The minimum absolute atomic E-state index is 0.117. The van der Waals surface area contributed by atoms with Gasteiger partial charge < -0.3 is 10.1 Å². The van der Waals surface area contributed by atoms with Gasteiger partial charge in [-0.05, 0) is 35.0 Å². The van der Waals surface area contributed by atoms with Crippen molar-refractivity contribution in [1.82, 2.24) is 4.98 Å². The Balaban J connectivity index is 1.82. The average molecular weight is 415 g/mol. The third-order valence-corrected chi connectivity index (χ3v) is 5.46. The SMILES string of the molecule is CCOC(=O)Cc1csc(NC(=O)CSc2ccccc2Br)n1. The summed E-state index contributed by atoms with van der Waals surface area (Å²) in [5.41, 5.74) is 0.599. The zero-order chi connectivity index (χ0) is 16.7. The van der Waals surface area contributed by atoms with Crippen molar-refractivity contribution in [3.8, 4) is 0 Å². The zero-order valence-corrected chi connectivity index (χ0v) is 15.6. The number of anilines is 1. The molecule has 2 aromatic rings. The first kappa shape index (κ1) is 18.0. The lowest BCUT2D eigenvalue weighted by Gasteiger charge is -2.04. The molecular weight excluding hydrogens is 400 g/mol. The Labute approximate surface area is 151 Å². The van der Waals surface area contributed by atoms with Crippen LogP contribution >= 0.6 is 39.0 Å². The van der Waals surface area contributed by atoms with Crippen LogP contribution in [-0.4, -0.2) is 29.2 Å². The van der Waals surface area contributed by atoms with Crippen LogP contribution in [0.4, 0.5) is 5.13 Å². The third kappa shape index (κ3) is 5.96. The molecule has 5 nitrogen and oxygen atoms in total. The number of carbonyl (C=O) groups is 2. The molecule has 1 N–H and O–H groups in total. The van der Waals surface area contributed by atoms with Gasteiger partial charge in [0.1, 0.15) is 0 Å². The van der Waals surface area contributed by atoms with E-state index in [1.807, 2.05) is 24.3 Å². The molecule has 0 spiro atoms. The summed E-state index contributed by atoms with van der Waals surface area (Å²) in [6.45, 7) is 2.10. The van der Waals surface area contributed by atoms with Crippen molar-refractivity contribution in [3.63, 3.8) is 0 Å². The van der Waals surface area contributed by atoms with Crippen LogP contribution in [0, 0.1) is 0 Å². The van der Waals surface area contributed by atoms with Crippen molar-refractivity contribution in [2.45, 2.75) is 18.2 Å². The van der Waals surface area contributed by atoms with Gasteiger partial charge in [0.05, 0.1) is 24.5 Å². The fraction of sp³-hybridized carbons (Fsp3) is 0.267. The van der Waals surface area contributed by atoms with Crippen LogP contribution in [0.3, 0.4) is 0 Å². The highest BCUT2D eigenvalue weighted by molar-refractivity contribution is 9.10. The first-order valence-corrected chi connectivity index (χ1v) is 9.51. The summed E-state index contributed by atoms with van der Waals surface area (Å²) < 4.78 is 5.83. The average Bonchev–Trinajstić information content (AvgIpc) is 2.93. The topological polar surface area (TPSA) is 68.3 Å². The van der Waals surface area contributed by atoms with E-state index in [9.17, 15) is 9.59 Å². The maximum absolute atomic E-state index is 12.0. The fourth-order valence-electron chi connectivity index (χ4n) is 1.67. The molecule has 2 rings (SSSR count). The number of hydrogen-bond donors (Lipinski definition) is 1. The molecule has 0 radical (unpaired) electrons. The fourth-order valence-corrected chi connectivity index (χ4v) is 3.76. The summed E-state index contributed by atoms with van der Waals surface area (Å²) >= 11 is 6.18. The Morgan fingerprint density at radius 1 is 1.39 bits per heavy atom. The van der Waals surface area contributed by atoms with E-state index in [0.29, 0.717) is 17.4 Å². The Morgan fingerprint density at radius 2 is 2.17 bits per heavy atom. The predicted octanol–water partition coefficient (Wildman–Crippen LogP) is 3.74. The van der Waals surface area contributed by atoms with Gasteiger partial charge in [-0.25, -0.2) is 4.98 Å². The van der Waals surface area contributed by atoms with Crippen molar-refractivity contribution >= 4 is 56.0 Å². The van der Waals surface area contributed by atoms with Crippen molar-refractivity contribution in [3.05, 3.63) is 39.8 Å². The molecule has 0 aliphatic rings. The van der Waals surface area contributed by atoms with Gasteiger partial charge in [-0.15, -0.1) is 23.1 Å². The first-order chi connectivity index (χ1) is 11.1. The maximum atomic E-state index is 12.0. The summed E-state index contributed by atoms with van der Waals surface area (Å²) in [7, 11) is 0. The summed E-state index contributed by atoms with van der Waals surface area (Å²) in [5.74, 6) is -0.168. The standard InChI is InChI=1S/C15H15BrN2O3S2/c1-2-21-14(20)7-10-8-23-15(17-10)18-13(19)9-22-12-6-4-3-5-11(12)16/h3-6,8H,2,7,9H2,1H3,(H,17,18,19). The monoisotopic (exact) mass is 414 g/mol. The Kier molecular flexibility index (Phi) is 7.07. The number of thioether (sulfide) groups is 1. The van der Waals surface area contributed by atoms with Crippen LogP contribution < -0.4 is 5.32 Å². The highest BCUT2D eigenvalue weighted by Gasteiger charge is 2.11. The second-order valence-electron chi connectivity index (χ2n) is 4.39. The van der Waals surface area contributed by atoms with Crippen molar-refractivity contribution in [2.75, 3.05) is 17.7 Å². The minimum atomic E-state index is -0.319. The van der Waals surface area contributed by atoms with E-state index in [-0.39, 0.29) is 24.1 Å². The Morgan fingerprint density at radius 3 is 2.91 bits per heavy atom. The largest absolute Gasteiger partial charge is 0.466 e. The van der Waals surface area contributed by atoms with Crippen molar-refractivity contribution in [2.24, 2.45) is 0 Å². The third-order valence-electron chi connectivity index (χ3n) is 2.62. The number of hydrogen-bond acceptors (Lipinski definition) is 6. The Bertz CT molecular complexity index is 691. The van der Waals surface area contributed by atoms with E-state index in [0.717, 1.165) is 9.37 Å². The molecule has 0 aliphatic heterocycles. The molecule has 0 aliphatic carbocycles. The van der Waals surface area contributed by atoms with E-state index in [2.05, 4.69) is 26.2 Å². The number of nitrogens with zero attached hydrogens (tertiary/aromatic N) is 1. The number of halogens is 1. The summed E-state index contributed by atoms with van der Waals surface area (Å²) in [5, 5.41) is 4.97. The van der Waals surface area contributed by atoms with E-state index in [1.165, 1.54) is 23.1 Å². The quantitative estimate of drug-likeness (QED) is 0.551. The molecule has 8 heteroatoms. The molecule has 1 heterocycles. The molecule has 1 aromatic carbocycles. The predicted molar refractivity (Wildman–Crippen MR) is 95.9 cm³/mol. The molecule has 0 unspecified atom stereocenters. The zero-order valence-electron chi connectivity index (χ0n) is 12.4. The highest BCUT2D eigenvalue weighted by Crippen LogP contribution is 2.27. The summed E-state index contributed by atoms with van der Waals surface area (Å²) in [6.07, 6.45) is 0.117. The molecule has 0 saturated heterocycles. The van der Waals surface area contributed by atoms with Gasteiger partial charge in [0.15, 0.2) is 5.13 Å². The van der Waals surface area contributed by atoms with Crippen molar-refractivity contribution in [1.29, 1.82) is 0 Å². The smallest absolute Gasteiger partial charge is 0.311 e. The van der Waals surface area contributed by atoms with Gasteiger partial charge in [0.2, 0.25) is 5.91 Å². The lowest BCUT2D eigenvalue weighted by Crippen LogP contribution is -2.14. The second kappa shape index (κ2) is 9.05. The number of nitrogens with one attached hydrogen (secondary N) is 1. The molecule has 0 fully saturated rings. The van der Waals surface area contributed by atoms with E-state index in [4.69, 9.17) is 4.74 Å². The molecule has 1 aromatic heterocycles. The number of rotatable bonds is 7. The maximum Gasteiger partial charge on any atom is 0.311 e. The van der Waals surface area contributed by atoms with Gasteiger partial charge in [-0.3, -0.25) is 9.59 Å². The molecule has 0 saturated carbocycles. The van der Waals surface area contributed by atoms with Crippen LogP contribution in [0.5, 0.6) is 0 Å². The molecule has 122 valence electrons. The normalized spacial score (nSPS) is 10.3. The van der Waals surface area contributed by atoms with Crippen LogP contribution in [0.15, 0.2) is 39.0 Å². The van der Waals surface area contributed by atoms with Crippen LogP contribution in [0.1, 0.15) is 12.6 Å². The first-order valence-electron chi connectivity index (χ1n) is 6.85. The number of aromatic nitrogens is 1. The lowest BCUT2D eigenvalue weighted by atomic mass is 10.3. The number of thiazole rings is 1.